The van der Waals surface area contributed by atoms with Crippen molar-refractivity contribution in [3.05, 3.63) is 24.5 Å². The molecule has 1 aliphatic rings. The molecule has 0 bridgehead atoms. The van der Waals surface area contributed by atoms with Gasteiger partial charge in [-0.1, -0.05) is 6.58 Å². The first-order valence-corrected chi connectivity index (χ1v) is 3.85. The third kappa shape index (κ3) is 0.964. The van der Waals surface area contributed by atoms with Crippen LogP contribution in [-0.4, -0.2) is 28.0 Å². The van der Waals surface area contributed by atoms with Gasteiger partial charge in [0.2, 0.25) is 0 Å². The van der Waals surface area contributed by atoms with Crippen molar-refractivity contribution in [1.29, 1.82) is 0 Å². The Morgan fingerprint density at radius 1 is 1.75 bits per heavy atom. The quantitative estimate of drug-likeness (QED) is 0.636. The van der Waals surface area contributed by atoms with Crippen LogP contribution < -0.4 is 5.32 Å². The molecule has 2 heterocycles. The molecule has 2 rings (SSSR count). The van der Waals surface area contributed by atoms with E-state index in [2.05, 4.69) is 17.0 Å². The molecule has 0 unspecified atom stereocenters. The highest BCUT2D eigenvalue weighted by Gasteiger charge is 2.37. The largest absolute Gasteiger partial charge is 0.382 e. The Morgan fingerprint density at radius 2 is 2.50 bits per heavy atom. The molecule has 4 heteroatoms. The SMILES string of the molecule is C=Cn1cc(C2(O)CNC2)cn1. The van der Waals surface area contributed by atoms with Crippen molar-refractivity contribution in [3.8, 4) is 0 Å². The molecule has 0 saturated carbocycles. The molecule has 4 nitrogen and oxygen atoms in total. The second-order valence-electron chi connectivity index (χ2n) is 3.03. The summed E-state index contributed by atoms with van der Waals surface area (Å²) in [5, 5.41) is 16.8. The summed E-state index contributed by atoms with van der Waals surface area (Å²) in [4.78, 5) is 0. The molecule has 1 aromatic heterocycles. The van der Waals surface area contributed by atoms with E-state index in [1.54, 1.807) is 23.3 Å². The molecular formula is C8H11N3O. The van der Waals surface area contributed by atoms with Crippen molar-refractivity contribution in [1.82, 2.24) is 15.1 Å². The Labute approximate surface area is 70.5 Å². The van der Waals surface area contributed by atoms with Crippen molar-refractivity contribution in [2.24, 2.45) is 0 Å². The maximum Gasteiger partial charge on any atom is 0.117 e. The van der Waals surface area contributed by atoms with Crippen molar-refractivity contribution in [3.63, 3.8) is 0 Å². The Kier molecular flexibility index (Phi) is 1.52. The number of nitrogens with one attached hydrogen (secondary N) is 1. The highest BCUT2D eigenvalue weighted by Crippen LogP contribution is 2.24. The van der Waals surface area contributed by atoms with Gasteiger partial charge in [0.05, 0.1) is 6.20 Å². The van der Waals surface area contributed by atoms with Gasteiger partial charge in [-0.15, -0.1) is 0 Å². The van der Waals surface area contributed by atoms with Crippen LogP contribution in [0.2, 0.25) is 0 Å². The fraction of sp³-hybridized carbons (Fsp3) is 0.375. The lowest BCUT2D eigenvalue weighted by Gasteiger charge is -2.36. The van der Waals surface area contributed by atoms with Gasteiger partial charge >= 0.3 is 0 Å². The third-order valence-electron chi connectivity index (χ3n) is 2.16. The predicted octanol–water partition coefficient (Wildman–Crippen LogP) is -0.226. The highest BCUT2D eigenvalue weighted by molar-refractivity contribution is 5.25. The number of nitrogens with zero attached hydrogens (tertiary/aromatic N) is 2. The average Bonchev–Trinajstić information content (AvgIpc) is 2.48. The molecule has 0 amide bonds. The minimum Gasteiger partial charge on any atom is -0.382 e. The Bertz CT molecular complexity index is 301. The van der Waals surface area contributed by atoms with Crippen molar-refractivity contribution >= 4 is 6.20 Å². The van der Waals surface area contributed by atoms with Crippen LogP contribution in [0, 0.1) is 0 Å². The van der Waals surface area contributed by atoms with Crippen LogP contribution in [0.3, 0.4) is 0 Å². The molecule has 12 heavy (non-hydrogen) atoms. The second kappa shape index (κ2) is 2.43. The Balaban J connectivity index is 2.27. The average molecular weight is 165 g/mol. The van der Waals surface area contributed by atoms with Crippen LogP contribution in [0.25, 0.3) is 6.20 Å². The molecule has 0 aliphatic carbocycles. The Morgan fingerprint density at radius 3 is 2.92 bits per heavy atom. The highest BCUT2D eigenvalue weighted by atomic mass is 16.3. The summed E-state index contributed by atoms with van der Waals surface area (Å²) in [5.41, 5.74) is 0.141. The minimum absolute atomic E-state index is 0.607. The predicted molar refractivity (Wildman–Crippen MR) is 45.4 cm³/mol. The van der Waals surface area contributed by atoms with E-state index in [1.165, 1.54) is 0 Å². The molecular weight excluding hydrogens is 154 g/mol. The zero-order valence-corrected chi connectivity index (χ0v) is 6.70. The smallest absolute Gasteiger partial charge is 0.117 e. The maximum absolute atomic E-state index is 9.84. The van der Waals surface area contributed by atoms with E-state index in [-0.39, 0.29) is 0 Å². The standard InChI is InChI=1S/C8H11N3O/c1-2-11-4-7(3-10-11)8(12)5-9-6-8/h2-4,9,12H,1,5-6H2. The number of aromatic nitrogens is 2. The van der Waals surface area contributed by atoms with E-state index < -0.39 is 5.60 Å². The molecule has 0 atom stereocenters. The van der Waals surface area contributed by atoms with Crippen LogP contribution >= 0.6 is 0 Å². The van der Waals surface area contributed by atoms with Gasteiger partial charge in [-0.3, -0.25) is 0 Å². The Hall–Kier alpha value is -1.13. The van der Waals surface area contributed by atoms with Gasteiger partial charge in [0.25, 0.3) is 0 Å². The van der Waals surface area contributed by atoms with Crippen LogP contribution in [0.5, 0.6) is 0 Å². The summed E-state index contributed by atoms with van der Waals surface area (Å²) in [6, 6.07) is 0. The monoisotopic (exact) mass is 165 g/mol. The molecule has 0 aromatic carbocycles. The molecule has 64 valence electrons. The topological polar surface area (TPSA) is 50.1 Å². The van der Waals surface area contributed by atoms with Crippen molar-refractivity contribution in [2.45, 2.75) is 5.60 Å². The summed E-state index contributed by atoms with van der Waals surface area (Å²) in [6.45, 7) is 4.79. The van der Waals surface area contributed by atoms with E-state index >= 15 is 0 Å². The minimum atomic E-state index is -0.707. The zero-order valence-electron chi connectivity index (χ0n) is 6.70. The van der Waals surface area contributed by atoms with Crippen LogP contribution in [0.1, 0.15) is 5.56 Å². The number of hydrogen-bond acceptors (Lipinski definition) is 3. The van der Waals surface area contributed by atoms with Gasteiger partial charge < -0.3 is 10.4 Å². The first-order valence-electron chi connectivity index (χ1n) is 3.85. The van der Waals surface area contributed by atoms with Gasteiger partial charge in [-0.2, -0.15) is 5.10 Å². The maximum atomic E-state index is 9.84. The number of aliphatic hydroxyl groups is 1. The van der Waals surface area contributed by atoms with Gasteiger partial charge in [-0.25, -0.2) is 4.68 Å². The van der Waals surface area contributed by atoms with Crippen LogP contribution in [0.4, 0.5) is 0 Å². The van der Waals surface area contributed by atoms with E-state index in [1.807, 2.05) is 0 Å². The summed E-state index contributed by atoms with van der Waals surface area (Å²) in [5.74, 6) is 0. The summed E-state index contributed by atoms with van der Waals surface area (Å²) < 4.78 is 1.59. The number of rotatable bonds is 2. The summed E-state index contributed by atoms with van der Waals surface area (Å²) >= 11 is 0. The van der Waals surface area contributed by atoms with Gasteiger partial charge in [0.15, 0.2) is 0 Å². The second-order valence-corrected chi connectivity index (χ2v) is 3.03. The van der Waals surface area contributed by atoms with Crippen molar-refractivity contribution < 1.29 is 5.11 Å². The number of β-amino-alcohol motifs (C(OH)–C–C–N with tert-alkyl or cyclic N) is 1. The van der Waals surface area contributed by atoms with E-state index in [9.17, 15) is 5.11 Å². The van der Waals surface area contributed by atoms with Gasteiger partial charge in [0, 0.05) is 31.0 Å². The summed E-state index contributed by atoms with van der Waals surface area (Å²) in [6.07, 6.45) is 5.05. The summed E-state index contributed by atoms with van der Waals surface area (Å²) in [7, 11) is 0. The van der Waals surface area contributed by atoms with E-state index in [0.29, 0.717) is 13.1 Å². The first kappa shape index (κ1) is 7.52. The van der Waals surface area contributed by atoms with Gasteiger partial charge in [0.1, 0.15) is 5.60 Å². The first-order chi connectivity index (χ1) is 5.74. The normalized spacial score (nSPS) is 20.1. The fourth-order valence-corrected chi connectivity index (χ4v) is 1.24. The molecule has 1 aliphatic heterocycles. The van der Waals surface area contributed by atoms with Crippen molar-refractivity contribution in [2.75, 3.05) is 13.1 Å². The fourth-order valence-electron chi connectivity index (χ4n) is 1.24. The molecule has 0 radical (unpaired) electrons. The lowest BCUT2D eigenvalue weighted by atomic mass is 9.91. The van der Waals surface area contributed by atoms with E-state index in [4.69, 9.17) is 0 Å². The third-order valence-corrected chi connectivity index (χ3v) is 2.16. The molecule has 2 N–H and O–H groups in total. The number of hydrogen-bond donors (Lipinski definition) is 2. The lowest BCUT2D eigenvalue weighted by molar-refractivity contribution is -0.0146. The van der Waals surface area contributed by atoms with Gasteiger partial charge in [-0.05, 0) is 0 Å². The lowest BCUT2D eigenvalue weighted by Crippen LogP contribution is -2.56. The van der Waals surface area contributed by atoms with Crippen LogP contribution in [-0.2, 0) is 5.60 Å². The molecule has 0 spiro atoms. The van der Waals surface area contributed by atoms with Crippen LogP contribution in [0.15, 0.2) is 19.0 Å². The molecule has 1 fully saturated rings. The molecule has 1 saturated heterocycles. The van der Waals surface area contributed by atoms with E-state index in [0.717, 1.165) is 5.56 Å². The molecule has 1 aromatic rings. The zero-order chi connectivity index (χ0) is 8.60.